The van der Waals surface area contributed by atoms with Gasteiger partial charge < -0.3 is 14.7 Å². The number of rotatable bonds is 5. The number of carboxylic acid groups (broad SMARTS) is 1. The molecular weight excluding hydrogens is 376 g/mol. The molecule has 2 aromatic carbocycles. The molecule has 5 heteroatoms. The summed E-state index contributed by atoms with van der Waals surface area (Å²) in [4.78, 5) is 15.3. The molecule has 1 aliphatic carbocycles. The molecule has 158 valence electrons. The number of fused-ring (bicyclic) bond motifs is 1. The first-order chi connectivity index (χ1) is 14.4. The Balaban J connectivity index is 1.48. The molecule has 2 aromatic rings. The molecule has 4 rings (SSSR count). The van der Waals surface area contributed by atoms with Crippen molar-refractivity contribution in [3.05, 3.63) is 76.5 Å². The van der Waals surface area contributed by atoms with Gasteiger partial charge in [0.25, 0.3) is 0 Å². The molecule has 0 aromatic heterocycles. The van der Waals surface area contributed by atoms with Crippen LogP contribution in [0.25, 0.3) is 6.08 Å². The van der Waals surface area contributed by atoms with Crippen LogP contribution >= 0.6 is 0 Å². The van der Waals surface area contributed by atoms with E-state index in [-0.39, 0.29) is 5.54 Å². The van der Waals surface area contributed by atoms with Crippen molar-refractivity contribution in [3.8, 4) is 0 Å². The van der Waals surface area contributed by atoms with E-state index in [0.29, 0.717) is 19.7 Å². The third-order valence-corrected chi connectivity index (χ3v) is 6.33. The molecule has 0 unspecified atom stereocenters. The van der Waals surface area contributed by atoms with E-state index < -0.39 is 6.09 Å². The highest BCUT2D eigenvalue weighted by Crippen LogP contribution is 2.36. The number of aryl methyl sites for hydroxylation is 2. The third-order valence-electron chi connectivity index (χ3n) is 6.33. The van der Waals surface area contributed by atoms with Crippen LogP contribution in [0.15, 0.2) is 48.7 Å². The zero-order valence-electron chi connectivity index (χ0n) is 17.8. The van der Waals surface area contributed by atoms with Gasteiger partial charge in [-0.25, -0.2) is 4.79 Å². The summed E-state index contributed by atoms with van der Waals surface area (Å²) in [5, 5.41) is 9.29. The van der Waals surface area contributed by atoms with Gasteiger partial charge in [-0.05, 0) is 49.5 Å². The highest BCUT2D eigenvalue weighted by molar-refractivity contribution is 5.65. The minimum Gasteiger partial charge on any atom is -0.499 e. The number of piperazine rings is 1. The van der Waals surface area contributed by atoms with Crippen LogP contribution in [0.2, 0.25) is 0 Å². The fraction of sp³-hybridized carbons (Fsp3) is 0.400. The highest BCUT2D eigenvalue weighted by atomic mass is 16.5. The maximum Gasteiger partial charge on any atom is 0.407 e. The normalized spacial score (nSPS) is 18.5. The monoisotopic (exact) mass is 406 g/mol. The van der Waals surface area contributed by atoms with Gasteiger partial charge in [0.15, 0.2) is 0 Å². The highest BCUT2D eigenvalue weighted by Gasteiger charge is 2.44. The molecule has 1 amide bonds. The van der Waals surface area contributed by atoms with Crippen molar-refractivity contribution in [3.63, 3.8) is 0 Å². The molecule has 1 fully saturated rings. The Morgan fingerprint density at radius 3 is 2.20 bits per heavy atom. The van der Waals surface area contributed by atoms with E-state index in [4.69, 9.17) is 4.74 Å². The molecule has 1 N–H and O–H groups in total. The van der Waals surface area contributed by atoms with Gasteiger partial charge in [-0.15, -0.1) is 0 Å². The van der Waals surface area contributed by atoms with Crippen molar-refractivity contribution in [2.75, 3.05) is 32.8 Å². The number of hydrogen-bond donors (Lipinski definition) is 1. The average molecular weight is 407 g/mol. The molecule has 1 heterocycles. The summed E-state index contributed by atoms with van der Waals surface area (Å²) in [6, 6.07) is 15.1. The molecule has 1 saturated heterocycles. The SMILES string of the molecule is Cc1cc(C)cc(C=COCC2(N3CCN(C(=O)O)CC3)Cc3ccccc3C2)c1. The third kappa shape index (κ3) is 4.36. The maximum atomic E-state index is 11.3. The topological polar surface area (TPSA) is 53.0 Å². The molecule has 0 saturated carbocycles. The van der Waals surface area contributed by atoms with Gasteiger partial charge in [0.1, 0.15) is 6.61 Å². The summed E-state index contributed by atoms with van der Waals surface area (Å²) in [6.07, 6.45) is 4.89. The lowest BCUT2D eigenvalue weighted by atomic mass is 9.93. The van der Waals surface area contributed by atoms with Gasteiger partial charge in [0, 0.05) is 26.2 Å². The summed E-state index contributed by atoms with van der Waals surface area (Å²) < 4.78 is 6.11. The van der Waals surface area contributed by atoms with Crippen LogP contribution in [0.3, 0.4) is 0 Å². The summed E-state index contributed by atoms with van der Waals surface area (Å²) in [5.41, 5.74) is 6.26. The number of benzene rings is 2. The Kier molecular flexibility index (Phi) is 5.82. The smallest absolute Gasteiger partial charge is 0.407 e. The largest absolute Gasteiger partial charge is 0.499 e. The average Bonchev–Trinajstić information content (AvgIpc) is 3.10. The predicted molar refractivity (Wildman–Crippen MR) is 119 cm³/mol. The van der Waals surface area contributed by atoms with Crippen molar-refractivity contribution in [2.24, 2.45) is 0 Å². The second kappa shape index (κ2) is 8.52. The Bertz CT molecular complexity index is 900. The van der Waals surface area contributed by atoms with E-state index in [1.54, 1.807) is 0 Å². The van der Waals surface area contributed by atoms with Gasteiger partial charge in [-0.1, -0.05) is 53.6 Å². The Hall–Kier alpha value is -2.79. The summed E-state index contributed by atoms with van der Waals surface area (Å²) in [7, 11) is 0. The second-order valence-corrected chi connectivity index (χ2v) is 8.64. The van der Waals surface area contributed by atoms with E-state index in [0.717, 1.165) is 31.5 Å². The minimum atomic E-state index is -0.828. The van der Waals surface area contributed by atoms with Crippen molar-refractivity contribution >= 4 is 12.2 Å². The lowest BCUT2D eigenvalue weighted by molar-refractivity contribution is -0.000581. The summed E-state index contributed by atoms with van der Waals surface area (Å²) in [5.74, 6) is 0. The number of carbonyl (C=O) groups is 1. The lowest BCUT2D eigenvalue weighted by Gasteiger charge is -2.45. The fourth-order valence-electron chi connectivity index (χ4n) is 4.90. The number of ether oxygens (including phenoxy) is 1. The summed E-state index contributed by atoms with van der Waals surface area (Å²) >= 11 is 0. The molecule has 0 atom stereocenters. The van der Waals surface area contributed by atoms with E-state index >= 15 is 0 Å². The second-order valence-electron chi connectivity index (χ2n) is 8.64. The van der Waals surface area contributed by atoms with E-state index in [9.17, 15) is 9.90 Å². The first kappa shape index (κ1) is 20.5. The van der Waals surface area contributed by atoms with Crippen LogP contribution in [0.5, 0.6) is 0 Å². The van der Waals surface area contributed by atoms with Crippen LogP contribution in [-0.2, 0) is 17.6 Å². The molecule has 30 heavy (non-hydrogen) atoms. The quantitative estimate of drug-likeness (QED) is 0.759. The molecule has 0 radical (unpaired) electrons. The Morgan fingerprint density at radius 1 is 1.03 bits per heavy atom. The van der Waals surface area contributed by atoms with Crippen LogP contribution in [0, 0.1) is 13.8 Å². The lowest BCUT2D eigenvalue weighted by Crippen LogP contribution is -2.60. The van der Waals surface area contributed by atoms with E-state index in [2.05, 4.69) is 61.2 Å². The molecular formula is C25H30N2O3. The van der Waals surface area contributed by atoms with Crippen molar-refractivity contribution in [2.45, 2.75) is 32.2 Å². The van der Waals surface area contributed by atoms with E-state index in [1.807, 2.05) is 12.3 Å². The van der Waals surface area contributed by atoms with Gasteiger partial charge in [0.05, 0.1) is 11.8 Å². The molecule has 0 spiro atoms. The number of hydrogen-bond acceptors (Lipinski definition) is 3. The van der Waals surface area contributed by atoms with Gasteiger partial charge in [-0.3, -0.25) is 4.90 Å². The number of nitrogens with zero attached hydrogens (tertiary/aromatic N) is 2. The van der Waals surface area contributed by atoms with Crippen molar-refractivity contribution in [1.82, 2.24) is 9.80 Å². The van der Waals surface area contributed by atoms with Gasteiger partial charge >= 0.3 is 6.09 Å². The van der Waals surface area contributed by atoms with Crippen LogP contribution < -0.4 is 0 Å². The molecule has 1 aliphatic heterocycles. The molecule has 0 bridgehead atoms. The number of amides is 1. The predicted octanol–water partition coefficient (Wildman–Crippen LogP) is 4.12. The molecule has 2 aliphatic rings. The van der Waals surface area contributed by atoms with Crippen LogP contribution in [-0.4, -0.2) is 59.3 Å². The zero-order valence-corrected chi connectivity index (χ0v) is 17.8. The van der Waals surface area contributed by atoms with Crippen molar-refractivity contribution in [1.29, 1.82) is 0 Å². The Morgan fingerprint density at radius 2 is 1.63 bits per heavy atom. The Labute approximate surface area is 178 Å². The van der Waals surface area contributed by atoms with Crippen LogP contribution in [0.4, 0.5) is 4.79 Å². The van der Waals surface area contributed by atoms with Crippen LogP contribution in [0.1, 0.15) is 27.8 Å². The van der Waals surface area contributed by atoms with Gasteiger partial charge in [-0.2, -0.15) is 0 Å². The van der Waals surface area contributed by atoms with Crippen molar-refractivity contribution < 1.29 is 14.6 Å². The standard InChI is InChI=1S/C25H30N2O3/c1-19-13-20(2)15-21(14-19)7-12-30-18-25(16-22-5-3-4-6-23(22)17-25)27-10-8-26(9-11-27)24(28)29/h3-7,12-15H,8-11,16-18H2,1-2H3,(H,28,29). The fourth-order valence-corrected chi connectivity index (χ4v) is 4.90. The summed E-state index contributed by atoms with van der Waals surface area (Å²) in [6.45, 7) is 7.38. The first-order valence-electron chi connectivity index (χ1n) is 10.6. The minimum absolute atomic E-state index is 0.124. The molecule has 5 nitrogen and oxygen atoms in total. The van der Waals surface area contributed by atoms with Gasteiger partial charge in [0.2, 0.25) is 0 Å². The van der Waals surface area contributed by atoms with E-state index in [1.165, 1.54) is 27.2 Å². The maximum absolute atomic E-state index is 11.3. The first-order valence-corrected chi connectivity index (χ1v) is 10.6. The zero-order chi connectivity index (χ0) is 21.1.